The van der Waals surface area contributed by atoms with Gasteiger partial charge in [0.05, 0.1) is 53.3 Å². The first kappa shape index (κ1) is 33.8. The molecule has 0 saturated carbocycles. The summed E-state index contributed by atoms with van der Waals surface area (Å²) in [6.07, 6.45) is 1.66. The number of carbonyl (C=O) groups excluding carboxylic acids is 1. The smallest absolute Gasteiger partial charge is 0.338 e. The summed E-state index contributed by atoms with van der Waals surface area (Å²) in [5, 5.41) is 0.347. The molecule has 0 saturated heterocycles. The number of fused-ring (bicyclic) bond motifs is 1. The third kappa shape index (κ3) is 7.39. The molecule has 11 heteroatoms. The number of rotatable bonds is 12. The van der Waals surface area contributed by atoms with Crippen LogP contribution in [-0.4, -0.2) is 37.0 Å². The van der Waals surface area contributed by atoms with Crippen molar-refractivity contribution in [1.29, 1.82) is 0 Å². The minimum atomic E-state index is -0.814. The topological polar surface area (TPSA) is 97.6 Å². The Balaban J connectivity index is 1.61. The first-order valence-electron chi connectivity index (χ1n) is 15.3. The number of hydrogen-bond donors (Lipinski definition) is 0. The molecule has 9 nitrogen and oxygen atoms in total. The molecule has 1 atom stereocenters. The highest BCUT2D eigenvalue weighted by Crippen LogP contribution is 2.38. The fourth-order valence-electron chi connectivity index (χ4n) is 5.27. The SMILES string of the molecule is CCOC(=O)C1=C(C)N=c2s/c(=C\c3cc(Cl)c(OCc4ccccc4)c(OCC)c3)c(=O)n2[C@@H]1c1ccc(OC(C)C)c(OC)c1. The summed E-state index contributed by atoms with van der Waals surface area (Å²) in [5.41, 5.74) is 2.68. The van der Waals surface area contributed by atoms with Gasteiger partial charge in [-0.05, 0) is 81.7 Å². The summed E-state index contributed by atoms with van der Waals surface area (Å²) in [5.74, 6) is 1.36. The number of halogens is 1. The molecule has 5 rings (SSSR count). The van der Waals surface area contributed by atoms with E-state index >= 15 is 0 Å². The van der Waals surface area contributed by atoms with Gasteiger partial charge in [-0.15, -0.1) is 0 Å². The summed E-state index contributed by atoms with van der Waals surface area (Å²) in [6, 6.07) is 17.8. The second-order valence-electron chi connectivity index (χ2n) is 10.9. The molecule has 4 aromatic rings. The third-order valence-electron chi connectivity index (χ3n) is 7.24. The van der Waals surface area contributed by atoms with Gasteiger partial charge in [0.25, 0.3) is 5.56 Å². The number of hydrogen-bond acceptors (Lipinski definition) is 9. The molecule has 0 N–H and O–H groups in total. The van der Waals surface area contributed by atoms with E-state index < -0.39 is 12.0 Å². The van der Waals surface area contributed by atoms with Crippen molar-refractivity contribution < 1.29 is 28.5 Å². The lowest BCUT2D eigenvalue weighted by atomic mass is 9.95. The zero-order valence-electron chi connectivity index (χ0n) is 27.2. The van der Waals surface area contributed by atoms with E-state index in [1.807, 2.05) is 57.2 Å². The Hall–Kier alpha value is -4.54. The Morgan fingerprint density at radius 3 is 2.47 bits per heavy atom. The summed E-state index contributed by atoms with van der Waals surface area (Å²) < 4.78 is 30.9. The Labute approximate surface area is 282 Å². The highest BCUT2D eigenvalue weighted by Gasteiger charge is 2.34. The molecule has 47 heavy (non-hydrogen) atoms. The zero-order chi connectivity index (χ0) is 33.7. The number of aromatic nitrogens is 1. The Morgan fingerprint density at radius 2 is 1.79 bits per heavy atom. The van der Waals surface area contributed by atoms with Gasteiger partial charge in [0.1, 0.15) is 6.61 Å². The summed E-state index contributed by atoms with van der Waals surface area (Å²) >= 11 is 7.93. The molecule has 0 aliphatic carbocycles. The highest BCUT2D eigenvalue weighted by atomic mass is 35.5. The quantitative estimate of drug-likeness (QED) is 0.164. The highest BCUT2D eigenvalue weighted by molar-refractivity contribution is 7.07. The predicted octanol–water partition coefficient (Wildman–Crippen LogP) is 6.23. The van der Waals surface area contributed by atoms with Crippen LogP contribution < -0.4 is 33.8 Å². The van der Waals surface area contributed by atoms with Crippen LogP contribution in [0.2, 0.25) is 5.02 Å². The fourth-order valence-corrected chi connectivity index (χ4v) is 6.59. The van der Waals surface area contributed by atoms with E-state index in [2.05, 4.69) is 4.99 Å². The van der Waals surface area contributed by atoms with Crippen molar-refractivity contribution in [2.75, 3.05) is 20.3 Å². The van der Waals surface area contributed by atoms with Crippen LogP contribution in [0, 0.1) is 0 Å². The first-order valence-corrected chi connectivity index (χ1v) is 16.5. The monoisotopic (exact) mass is 676 g/mol. The van der Waals surface area contributed by atoms with Gasteiger partial charge in [-0.3, -0.25) is 9.36 Å². The molecule has 0 spiro atoms. The number of benzene rings is 3. The Bertz CT molecular complexity index is 1980. The summed E-state index contributed by atoms with van der Waals surface area (Å²) in [4.78, 5) is 32.6. The maximum absolute atomic E-state index is 14.2. The van der Waals surface area contributed by atoms with Crippen molar-refractivity contribution in [3.05, 3.63) is 113 Å². The number of ether oxygens (including phenoxy) is 5. The van der Waals surface area contributed by atoms with E-state index in [9.17, 15) is 9.59 Å². The lowest BCUT2D eigenvalue weighted by Crippen LogP contribution is -2.40. The van der Waals surface area contributed by atoms with Crippen molar-refractivity contribution in [2.24, 2.45) is 4.99 Å². The minimum Gasteiger partial charge on any atom is -0.493 e. The van der Waals surface area contributed by atoms with Gasteiger partial charge in [-0.2, -0.15) is 0 Å². The lowest BCUT2D eigenvalue weighted by Gasteiger charge is -2.25. The van der Waals surface area contributed by atoms with Crippen molar-refractivity contribution in [3.63, 3.8) is 0 Å². The fraction of sp³-hybridized carbons (Fsp3) is 0.306. The average molecular weight is 677 g/mol. The molecule has 3 aromatic carbocycles. The van der Waals surface area contributed by atoms with Gasteiger partial charge < -0.3 is 23.7 Å². The Morgan fingerprint density at radius 1 is 1.02 bits per heavy atom. The van der Waals surface area contributed by atoms with Crippen molar-refractivity contribution in [2.45, 2.75) is 53.4 Å². The second kappa shape index (κ2) is 14.9. The van der Waals surface area contributed by atoms with Crippen LogP contribution in [0.4, 0.5) is 0 Å². The lowest BCUT2D eigenvalue weighted by molar-refractivity contribution is -0.139. The van der Waals surface area contributed by atoms with Gasteiger partial charge in [0.2, 0.25) is 0 Å². The number of carbonyl (C=O) groups is 1. The van der Waals surface area contributed by atoms with E-state index in [4.69, 9.17) is 35.3 Å². The van der Waals surface area contributed by atoms with E-state index in [-0.39, 0.29) is 23.8 Å². The predicted molar refractivity (Wildman–Crippen MR) is 183 cm³/mol. The molecule has 2 heterocycles. The maximum Gasteiger partial charge on any atom is 0.338 e. The number of esters is 1. The van der Waals surface area contributed by atoms with Crippen molar-refractivity contribution in [3.8, 4) is 23.0 Å². The molecule has 0 bridgehead atoms. The van der Waals surface area contributed by atoms with Crippen molar-refractivity contribution in [1.82, 2.24) is 4.57 Å². The second-order valence-corrected chi connectivity index (χ2v) is 12.3. The number of thiazole rings is 1. The van der Waals surface area contributed by atoms with Gasteiger partial charge in [-0.1, -0.05) is 59.3 Å². The first-order chi connectivity index (χ1) is 22.6. The maximum atomic E-state index is 14.2. The minimum absolute atomic E-state index is 0.0779. The van der Waals surface area contributed by atoms with Crippen LogP contribution in [0.25, 0.3) is 6.08 Å². The van der Waals surface area contributed by atoms with E-state index in [1.54, 1.807) is 51.3 Å². The number of allylic oxidation sites excluding steroid dienone is 1. The standard InChI is InChI=1S/C36H37ClN2O7S/c1-7-43-29-17-24(16-26(37)33(29)45-20-23-12-10-9-11-13-23)18-30-34(40)39-32(25-14-15-27(46-21(3)4)28(19-25)42-6)31(35(41)44-8-2)22(5)38-36(39)47-30/h9-19,21,32H,7-8,20H2,1-6H3/b30-18-/t32-/m1/s1. The molecule has 1 aliphatic rings. The summed E-state index contributed by atoms with van der Waals surface area (Å²) in [6.45, 7) is 10.1. The molecule has 1 aliphatic heterocycles. The van der Waals surface area contributed by atoms with Crippen LogP contribution in [-0.2, 0) is 16.1 Å². The van der Waals surface area contributed by atoms with Crippen LogP contribution in [0.5, 0.6) is 23.0 Å². The molecule has 0 radical (unpaired) electrons. The number of methoxy groups -OCH3 is 1. The normalized spacial score (nSPS) is 14.5. The van der Waals surface area contributed by atoms with Crippen LogP contribution in [0.1, 0.15) is 57.4 Å². The Kier molecular flexibility index (Phi) is 10.7. The van der Waals surface area contributed by atoms with Crippen LogP contribution in [0.3, 0.4) is 0 Å². The molecule has 0 unspecified atom stereocenters. The zero-order valence-corrected chi connectivity index (χ0v) is 28.7. The van der Waals surface area contributed by atoms with Crippen molar-refractivity contribution >= 4 is 35.0 Å². The molecule has 0 fully saturated rings. The average Bonchev–Trinajstić information content (AvgIpc) is 3.34. The molecule has 1 aromatic heterocycles. The van der Waals surface area contributed by atoms with Gasteiger partial charge in [0.15, 0.2) is 27.8 Å². The summed E-state index contributed by atoms with van der Waals surface area (Å²) in [7, 11) is 1.55. The van der Waals surface area contributed by atoms with Gasteiger partial charge in [-0.25, -0.2) is 9.79 Å². The number of nitrogens with zero attached hydrogens (tertiary/aromatic N) is 2. The molecule has 0 amide bonds. The van der Waals surface area contributed by atoms with Gasteiger partial charge >= 0.3 is 5.97 Å². The largest absolute Gasteiger partial charge is 0.493 e. The van der Waals surface area contributed by atoms with E-state index in [1.165, 1.54) is 15.9 Å². The van der Waals surface area contributed by atoms with Crippen LogP contribution >= 0.6 is 22.9 Å². The third-order valence-corrected chi connectivity index (χ3v) is 8.50. The van der Waals surface area contributed by atoms with Gasteiger partial charge in [0, 0.05) is 0 Å². The van der Waals surface area contributed by atoms with E-state index in [0.717, 1.165) is 5.56 Å². The molecular weight excluding hydrogens is 640 g/mol. The molecular formula is C36H37ClN2O7S. The van der Waals surface area contributed by atoms with E-state index in [0.29, 0.717) is 67.4 Å². The van der Waals surface area contributed by atoms with Crippen LogP contribution in [0.15, 0.2) is 81.7 Å². The molecule has 246 valence electrons.